The highest BCUT2D eigenvalue weighted by atomic mass is 32.2. The zero-order valence-electron chi connectivity index (χ0n) is 17.0. The number of rotatable bonds is 6. The molecule has 2 fully saturated rings. The number of nitrogens with one attached hydrogen (secondary N) is 1. The molecule has 0 spiro atoms. The molecule has 0 bridgehead atoms. The van der Waals surface area contributed by atoms with Gasteiger partial charge in [-0.25, -0.2) is 12.7 Å². The predicted molar refractivity (Wildman–Crippen MR) is 104 cm³/mol. The van der Waals surface area contributed by atoms with E-state index in [9.17, 15) is 18.0 Å². The number of carbonyl (C=O) groups excluding carboxylic acids is 2. The number of hydrogen-bond acceptors (Lipinski definition) is 7. The third-order valence-corrected chi connectivity index (χ3v) is 7.05. The Morgan fingerprint density at radius 1 is 1.14 bits per heavy atom. The summed E-state index contributed by atoms with van der Waals surface area (Å²) >= 11 is 0. The van der Waals surface area contributed by atoms with Crippen molar-refractivity contribution in [3.05, 3.63) is 11.7 Å². The van der Waals surface area contributed by atoms with Gasteiger partial charge in [-0.3, -0.25) is 9.59 Å². The average molecular weight is 428 g/mol. The Morgan fingerprint density at radius 2 is 1.79 bits per heavy atom. The SMILES string of the molecule is CC(=O)N1CCC(CC(=O)NCc2nc(C3CCN(S(C)(=O)=O)CC3)no2)CC1. The molecule has 29 heavy (non-hydrogen) atoms. The van der Waals surface area contributed by atoms with Gasteiger partial charge < -0.3 is 14.7 Å². The van der Waals surface area contributed by atoms with E-state index in [-0.39, 0.29) is 30.2 Å². The van der Waals surface area contributed by atoms with Crippen LogP contribution in [0.2, 0.25) is 0 Å². The fraction of sp³-hybridized carbons (Fsp3) is 0.778. The van der Waals surface area contributed by atoms with Gasteiger partial charge in [-0.2, -0.15) is 4.98 Å². The summed E-state index contributed by atoms with van der Waals surface area (Å²) in [5, 5.41) is 6.82. The first kappa shape index (κ1) is 21.7. The van der Waals surface area contributed by atoms with Crippen molar-refractivity contribution in [2.24, 2.45) is 5.92 Å². The molecule has 0 unspecified atom stereocenters. The van der Waals surface area contributed by atoms with Gasteiger partial charge in [0.2, 0.25) is 27.7 Å². The first-order valence-electron chi connectivity index (χ1n) is 10.0. The summed E-state index contributed by atoms with van der Waals surface area (Å²) in [4.78, 5) is 29.7. The van der Waals surface area contributed by atoms with Crippen LogP contribution in [0, 0.1) is 5.92 Å². The lowest BCUT2D eigenvalue weighted by Crippen LogP contribution is -2.38. The fourth-order valence-electron chi connectivity index (χ4n) is 3.91. The van der Waals surface area contributed by atoms with E-state index in [0.717, 1.165) is 12.8 Å². The smallest absolute Gasteiger partial charge is 0.246 e. The van der Waals surface area contributed by atoms with E-state index in [1.54, 1.807) is 6.92 Å². The molecule has 0 aliphatic carbocycles. The van der Waals surface area contributed by atoms with E-state index in [0.29, 0.717) is 57.2 Å². The standard InChI is InChI=1S/C18H29N5O5S/c1-13(24)22-7-3-14(4-8-22)11-16(25)19-12-17-20-18(21-28-17)15-5-9-23(10-6-15)29(2,26)27/h14-15H,3-12H2,1-2H3,(H,19,25). The second-order valence-corrected chi connectivity index (χ2v) is 9.90. The van der Waals surface area contributed by atoms with E-state index in [1.807, 2.05) is 4.90 Å². The first-order valence-corrected chi connectivity index (χ1v) is 11.9. The molecule has 2 saturated heterocycles. The Kier molecular flexibility index (Phi) is 6.89. The maximum absolute atomic E-state index is 12.2. The second-order valence-electron chi connectivity index (χ2n) is 7.91. The fourth-order valence-corrected chi connectivity index (χ4v) is 4.79. The topological polar surface area (TPSA) is 126 Å². The molecular formula is C18H29N5O5S. The van der Waals surface area contributed by atoms with Gasteiger partial charge in [0.25, 0.3) is 0 Å². The molecule has 2 amide bonds. The maximum Gasteiger partial charge on any atom is 0.246 e. The molecule has 162 valence electrons. The van der Waals surface area contributed by atoms with E-state index in [2.05, 4.69) is 15.5 Å². The van der Waals surface area contributed by atoms with Crippen molar-refractivity contribution in [1.29, 1.82) is 0 Å². The minimum absolute atomic E-state index is 0.0625. The summed E-state index contributed by atoms with van der Waals surface area (Å²) < 4.78 is 29.9. The van der Waals surface area contributed by atoms with Crippen LogP contribution in [0.15, 0.2) is 4.52 Å². The van der Waals surface area contributed by atoms with Crippen molar-refractivity contribution in [3.8, 4) is 0 Å². The number of nitrogens with zero attached hydrogens (tertiary/aromatic N) is 4. The molecule has 2 aliphatic heterocycles. The third-order valence-electron chi connectivity index (χ3n) is 5.74. The van der Waals surface area contributed by atoms with Crippen molar-refractivity contribution in [2.75, 3.05) is 32.4 Å². The lowest BCUT2D eigenvalue weighted by atomic mass is 9.93. The summed E-state index contributed by atoms with van der Waals surface area (Å²) in [6, 6.07) is 0. The molecule has 11 heteroatoms. The second kappa shape index (κ2) is 9.21. The Balaban J connectivity index is 1.40. The van der Waals surface area contributed by atoms with Crippen LogP contribution in [-0.2, 0) is 26.2 Å². The molecule has 1 aromatic rings. The zero-order valence-corrected chi connectivity index (χ0v) is 17.8. The number of aromatic nitrogens is 2. The zero-order chi connectivity index (χ0) is 21.0. The van der Waals surface area contributed by atoms with Gasteiger partial charge in [0.15, 0.2) is 5.82 Å². The molecule has 0 atom stereocenters. The lowest BCUT2D eigenvalue weighted by Gasteiger charge is -2.30. The van der Waals surface area contributed by atoms with Crippen LogP contribution in [0.5, 0.6) is 0 Å². The number of sulfonamides is 1. The highest BCUT2D eigenvalue weighted by Crippen LogP contribution is 2.27. The number of carbonyl (C=O) groups is 2. The Morgan fingerprint density at radius 3 is 2.38 bits per heavy atom. The van der Waals surface area contributed by atoms with E-state index in [1.165, 1.54) is 10.6 Å². The summed E-state index contributed by atoms with van der Waals surface area (Å²) in [5.41, 5.74) is 0. The Bertz CT molecular complexity index is 823. The number of hydrogen-bond donors (Lipinski definition) is 1. The van der Waals surface area contributed by atoms with E-state index >= 15 is 0 Å². The molecule has 10 nitrogen and oxygen atoms in total. The molecular weight excluding hydrogens is 398 g/mol. The van der Waals surface area contributed by atoms with Gasteiger partial charge in [0.1, 0.15) is 0 Å². The molecule has 1 aromatic heterocycles. The summed E-state index contributed by atoms with van der Waals surface area (Å²) in [6.45, 7) is 4.07. The molecule has 3 heterocycles. The monoisotopic (exact) mass is 427 g/mol. The van der Waals surface area contributed by atoms with Crippen molar-refractivity contribution in [2.45, 2.75) is 51.5 Å². The van der Waals surface area contributed by atoms with E-state index in [4.69, 9.17) is 4.52 Å². The van der Waals surface area contributed by atoms with Crippen molar-refractivity contribution in [3.63, 3.8) is 0 Å². The molecule has 0 saturated carbocycles. The van der Waals surface area contributed by atoms with Crippen LogP contribution >= 0.6 is 0 Å². The minimum Gasteiger partial charge on any atom is -0.347 e. The number of likely N-dealkylation sites (tertiary alicyclic amines) is 1. The number of piperidine rings is 2. The number of amides is 2. The van der Waals surface area contributed by atoms with Crippen LogP contribution < -0.4 is 5.32 Å². The quantitative estimate of drug-likeness (QED) is 0.699. The van der Waals surface area contributed by atoms with Crippen LogP contribution in [0.25, 0.3) is 0 Å². The van der Waals surface area contributed by atoms with Gasteiger partial charge in [-0.05, 0) is 31.6 Å². The lowest BCUT2D eigenvalue weighted by molar-refractivity contribution is -0.130. The highest BCUT2D eigenvalue weighted by molar-refractivity contribution is 7.88. The predicted octanol–water partition coefficient (Wildman–Crippen LogP) is 0.473. The highest BCUT2D eigenvalue weighted by Gasteiger charge is 2.28. The minimum atomic E-state index is -3.16. The maximum atomic E-state index is 12.2. The summed E-state index contributed by atoms with van der Waals surface area (Å²) in [7, 11) is -3.16. The summed E-state index contributed by atoms with van der Waals surface area (Å²) in [6.07, 6.45) is 4.62. The first-order chi connectivity index (χ1) is 13.7. The van der Waals surface area contributed by atoms with Crippen molar-refractivity contribution < 1.29 is 22.5 Å². The third kappa shape index (κ3) is 5.99. The van der Waals surface area contributed by atoms with Gasteiger partial charge >= 0.3 is 0 Å². The van der Waals surface area contributed by atoms with Gasteiger partial charge in [0.05, 0.1) is 12.8 Å². The summed E-state index contributed by atoms with van der Waals surface area (Å²) in [5.74, 6) is 1.29. The van der Waals surface area contributed by atoms with Gasteiger partial charge in [0, 0.05) is 45.4 Å². The largest absolute Gasteiger partial charge is 0.347 e. The van der Waals surface area contributed by atoms with Gasteiger partial charge in [-0.1, -0.05) is 5.16 Å². The van der Waals surface area contributed by atoms with Crippen LogP contribution in [-0.4, -0.2) is 72.0 Å². The molecule has 3 rings (SSSR count). The van der Waals surface area contributed by atoms with Crippen molar-refractivity contribution >= 4 is 21.8 Å². The molecule has 0 aromatic carbocycles. The van der Waals surface area contributed by atoms with Crippen molar-refractivity contribution in [1.82, 2.24) is 24.7 Å². The van der Waals surface area contributed by atoms with Gasteiger partial charge in [-0.15, -0.1) is 0 Å². The van der Waals surface area contributed by atoms with Crippen LogP contribution in [0.4, 0.5) is 0 Å². The average Bonchev–Trinajstić information content (AvgIpc) is 3.15. The van der Waals surface area contributed by atoms with E-state index < -0.39 is 10.0 Å². The molecule has 1 N–H and O–H groups in total. The Labute approximate surface area is 171 Å². The molecule has 0 radical (unpaired) electrons. The Hall–Kier alpha value is -2.01. The normalized spacial score (nSPS) is 20.0. The van der Waals surface area contributed by atoms with Crippen LogP contribution in [0.3, 0.4) is 0 Å². The van der Waals surface area contributed by atoms with Crippen LogP contribution in [0.1, 0.15) is 56.7 Å². The molecule has 2 aliphatic rings.